The molecule has 2 unspecified atom stereocenters. The van der Waals surface area contributed by atoms with E-state index in [0.717, 1.165) is 11.1 Å². The number of amides is 2. The third-order valence-electron chi connectivity index (χ3n) is 6.55. The Labute approximate surface area is 249 Å². The molecule has 2 amide bonds. The van der Waals surface area contributed by atoms with E-state index in [1.54, 1.807) is 27.1 Å². The van der Waals surface area contributed by atoms with Gasteiger partial charge in [0.05, 0.1) is 18.2 Å². The number of carbonyl (C=O) groups is 3. The number of carboxylic acids is 1. The van der Waals surface area contributed by atoms with Gasteiger partial charge in [-0.2, -0.15) is 0 Å². The number of halogens is 1. The molecule has 0 spiro atoms. The predicted molar refractivity (Wildman–Crippen MR) is 159 cm³/mol. The fourth-order valence-corrected chi connectivity index (χ4v) is 5.27. The van der Waals surface area contributed by atoms with Crippen molar-refractivity contribution in [2.45, 2.75) is 69.3 Å². The number of alkyl carbamates (subject to hydrolysis) is 1. The van der Waals surface area contributed by atoms with E-state index in [9.17, 15) is 24.6 Å². The Morgan fingerprint density at radius 3 is 2.68 bits per heavy atom. The number of nitrogens with one attached hydrogen (secondary N) is 2. The standard InChI is InChI=1S/C24H31ClN2O6S.C4H9NO2/c1-15-6-4-5-9-24(31)13-17(33-23(30)26-24)14-34-21(29)8-7-20(28)27(2)18-11-16(10-15)12-19(32-3)22(18)25;1-3(5-2)4(6)7/h4-6,11-12,17,21,29,31H,7-10,13-14H2,1-3H3,(H,26,30);3,5H,1-2H3,(H,6,7)/b5-4+,15-6+;/t17?,21?,24-;3-/m10/s1. The average Bonchev–Trinajstić information content (AvgIpc) is 2.92. The van der Waals surface area contributed by atoms with Gasteiger partial charge in [0, 0.05) is 32.1 Å². The van der Waals surface area contributed by atoms with Crippen LogP contribution in [0, 0.1) is 0 Å². The molecule has 2 aliphatic heterocycles. The number of ether oxygens (including phenoxy) is 2. The van der Waals surface area contributed by atoms with Gasteiger partial charge in [0.1, 0.15) is 28.6 Å². The first-order valence-corrected chi connectivity index (χ1v) is 14.6. The molecule has 11 nitrogen and oxygen atoms in total. The normalized spacial score (nSPS) is 26.7. The number of nitrogens with zero attached hydrogens (tertiary/aromatic N) is 1. The van der Waals surface area contributed by atoms with E-state index >= 15 is 0 Å². The summed E-state index contributed by atoms with van der Waals surface area (Å²) in [5, 5.41) is 34.7. The molecule has 3 rings (SSSR count). The Kier molecular flexibility index (Phi) is 13.5. The van der Waals surface area contributed by atoms with Crippen LogP contribution >= 0.6 is 23.4 Å². The lowest BCUT2D eigenvalue weighted by molar-refractivity contribution is -0.138. The van der Waals surface area contributed by atoms with E-state index in [1.165, 1.54) is 23.8 Å². The van der Waals surface area contributed by atoms with Gasteiger partial charge in [-0.15, -0.1) is 11.8 Å². The molecule has 2 heterocycles. The number of fused-ring (bicyclic) bond motifs is 4. The van der Waals surface area contributed by atoms with Crippen molar-refractivity contribution < 1.29 is 39.2 Å². The Morgan fingerprint density at radius 1 is 1.37 bits per heavy atom. The molecule has 2 aliphatic rings. The van der Waals surface area contributed by atoms with Gasteiger partial charge in [0.15, 0.2) is 0 Å². The van der Waals surface area contributed by atoms with Gasteiger partial charge < -0.3 is 35.0 Å². The molecular weight excluding hydrogens is 574 g/mol. The molecule has 41 heavy (non-hydrogen) atoms. The number of carboxylic acid groups (broad SMARTS) is 1. The highest BCUT2D eigenvalue weighted by molar-refractivity contribution is 7.99. The Morgan fingerprint density at radius 2 is 2.07 bits per heavy atom. The zero-order valence-corrected chi connectivity index (χ0v) is 25.6. The number of hydrogen-bond acceptors (Lipinski definition) is 9. The molecule has 0 aromatic heterocycles. The lowest BCUT2D eigenvalue weighted by Gasteiger charge is -2.36. The van der Waals surface area contributed by atoms with Crippen LogP contribution in [0.3, 0.4) is 0 Å². The smallest absolute Gasteiger partial charge is 0.409 e. The second-order valence-corrected chi connectivity index (χ2v) is 11.6. The molecule has 0 aliphatic carbocycles. The summed E-state index contributed by atoms with van der Waals surface area (Å²) in [6.45, 7) is 3.56. The minimum atomic E-state index is -1.43. The average molecular weight is 614 g/mol. The van der Waals surface area contributed by atoms with Gasteiger partial charge in [0.2, 0.25) is 5.91 Å². The lowest BCUT2D eigenvalue weighted by atomic mass is 10.00. The number of anilines is 1. The Hall–Kier alpha value is -2.77. The molecule has 13 heteroatoms. The summed E-state index contributed by atoms with van der Waals surface area (Å²) in [4.78, 5) is 36.2. The minimum absolute atomic E-state index is 0.104. The fourth-order valence-electron chi connectivity index (χ4n) is 4.05. The number of likely N-dealkylation sites (N-methyl/N-ethyl adjacent to an activating group) is 1. The molecule has 5 N–H and O–H groups in total. The van der Waals surface area contributed by atoms with Crippen molar-refractivity contribution in [1.82, 2.24) is 10.6 Å². The first-order valence-electron chi connectivity index (χ1n) is 13.1. The van der Waals surface area contributed by atoms with E-state index in [0.29, 0.717) is 28.6 Å². The van der Waals surface area contributed by atoms with Crippen LogP contribution in [-0.4, -0.2) is 83.6 Å². The van der Waals surface area contributed by atoms with Gasteiger partial charge in [-0.25, -0.2) is 4.79 Å². The number of rotatable bonds is 3. The van der Waals surface area contributed by atoms with Crippen LogP contribution in [0.2, 0.25) is 5.02 Å². The monoisotopic (exact) mass is 613 g/mol. The van der Waals surface area contributed by atoms with E-state index in [4.69, 9.17) is 26.2 Å². The van der Waals surface area contributed by atoms with Crippen LogP contribution in [0.15, 0.2) is 35.9 Å². The molecule has 4 atom stereocenters. The number of benzene rings is 1. The number of carbonyl (C=O) groups excluding carboxylic acids is 2. The highest BCUT2D eigenvalue weighted by atomic mass is 35.5. The highest BCUT2D eigenvalue weighted by Gasteiger charge is 2.38. The van der Waals surface area contributed by atoms with Gasteiger partial charge in [0.25, 0.3) is 0 Å². The first kappa shape index (κ1) is 34.4. The molecule has 228 valence electrons. The molecule has 0 radical (unpaired) electrons. The summed E-state index contributed by atoms with van der Waals surface area (Å²) < 4.78 is 10.7. The maximum atomic E-state index is 12.9. The van der Waals surface area contributed by atoms with Crippen LogP contribution in [0.1, 0.15) is 45.1 Å². The van der Waals surface area contributed by atoms with Crippen molar-refractivity contribution in [2.75, 3.05) is 31.9 Å². The maximum Gasteiger partial charge on any atom is 0.409 e. The van der Waals surface area contributed by atoms with E-state index in [1.807, 2.05) is 31.2 Å². The van der Waals surface area contributed by atoms with E-state index in [-0.39, 0.29) is 31.6 Å². The number of hydrogen-bond donors (Lipinski definition) is 5. The van der Waals surface area contributed by atoms with Crippen molar-refractivity contribution in [3.8, 4) is 5.75 Å². The summed E-state index contributed by atoms with van der Waals surface area (Å²) in [5.41, 5.74) is 0.246. The zero-order chi connectivity index (χ0) is 30.7. The van der Waals surface area contributed by atoms with Crippen LogP contribution in [-0.2, 0) is 20.7 Å². The Bertz CT molecular complexity index is 1150. The minimum Gasteiger partial charge on any atom is -0.495 e. The second kappa shape index (κ2) is 16.0. The molecule has 4 bridgehead atoms. The quantitative estimate of drug-likeness (QED) is 0.342. The van der Waals surface area contributed by atoms with Crippen LogP contribution in [0.4, 0.5) is 10.5 Å². The predicted octanol–water partition coefficient (Wildman–Crippen LogP) is 3.46. The number of allylic oxidation sites excluding steroid dienone is 3. The topological polar surface area (TPSA) is 158 Å². The summed E-state index contributed by atoms with van der Waals surface area (Å²) in [6.07, 6.45) is 5.63. The number of aliphatic carboxylic acids is 1. The van der Waals surface area contributed by atoms with E-state index < -0.39 is 35.4 Å². The lowest BCUT2D eigenvalue weighted by Crippen LogP contribution is -2.56. The fraction of sp³-hybridized carbons (Fsp3) is 0.536. The summed E-state index contributed by atoms with van der Waals surface area (Å²) in [5.74, 6) is -0.239. The molecule has 1 aromatic rings. The van der Waals surface area contributed by atoms with Crippen molar-refractivity contribution in [2.24, 2.45) is 0 Å². The van der Waals surface area contributed by atoms with Gasteiger partial charge in [-0.05, 0) is 51.4 Å². The summed E-state index contributed by atoms with van der Waals surface area (Å²) in [7, 11) is 4.79. The molecule has 1 fully saturated rings. The van der Waals surface area contributed by atoms with Crippen LogP contribution < -0.4 is 20.3 Å². The Balaban J connectivity index is 0.000000745. The maximum absolute atomic E-state index is 12.9. The second-order valence-electron chi connectivity index (χ2n) is 9.97. The van der Waals surface area contributed by atoms with Gasteiger partial charge in [-0.1, -0.05) is 35.4 Å². The van der Waals surface area contributed by atoms with Crippen molar-refractivity contribution >= 4 is 47.0 Å². The first-order chi connectivity index (χ1) is 19.3. The molecule has 1 saturated heterocycles. The van der Waals surface area contributed by atoms with Gasteiger partial charge in [-0.3, -0.25) is 14.9 Å². The van der Waals surface area contributed by atoms with Gasteiger partial charge >= 0.3 is 12.1 Å². The molecule has 1 aromatic carbocycles. The summed E-state index contributed by atoms with van der Waals surface area (Å²) >= 11 is 7.68. The van der Waals surface area contributed by atoms with Crippen LogP contribution in [0.25, 0.3) is 0 Å². The SMILES string of the molecule is CN[C@@H](C)C(=O)O.COc1cc2cc(c1Cl)N(C)C(=O)CCC(O)SCC1C[C@](O)(C/C=C/C=C(\C)C2)NC(=O)O1. The zero-order valence-electron chi connectivity index (χ0n) is 24.0. The molecular formula is C28H40ClN3O8S. The number of aliphatic hydroxyl groups is 2. The third kappa shape index (κ3) is 10.9. The number of methoxy groups -OCH3 is 1. The number of thioether (sulfide) groups is 1. The third-order valence-corrected chi connectivity index (χ3v) is 8.11. The van der Waals surface area contributed by atoms with Crippen molar-refractivity contribution in [3.63, 3.8) is 0 Å². The van der Waals surface area contributed by atoms with E-state index in [2.05, 4.69) is 10.6 Å². The highest BCUT2D eigenvalue weighted by Crippen LogP contribution is 2.37. The van der Waals surface area contributed by atoms with Crippen LogP contribution in [0.5, 0.6) is 5.75 Å². The van der Waals surface area contributed by atoms with Crippen molar-refractivity contribution in [3.05, 3.63) is 46.5 Å². The summed E-state index contributed by atoms with van der Waals surface area (Å²) in [6, 6.07) is 3.27. The van der Waals surface area contributed by atoms with Crippen molar-refractivity contribution in [1.29, 1.82) is 0 Å². The number of aliphatic hydroxyl groups excluding tert-OH is 1. The largest absolute Gasteiger partial charge is 0.495 e. The molecule has 0 saturated carbocycles.